The van der Waals surface area contributed by atoms with Gasteiger partial charge in [-0.3, -0.25) is 14.5 Å². The summed E-state index contributed by atoms with van der Waals surface area (Å²) >= 11 is 0. The molecule has 2 aromatic rings. The first-order valence-electron chi connectivity index (χ1n) is 15.1. The third-order valence-electron chi connectivity index (χ3n) is 8.88. The van der Waals surface area contributed by atoms with E-state index in [1.54, 1.807) is 24.3 Å². The molecule has 8 nitrogen and oxygen atoms in total. The first-order valence-corrected chi connectivity index (χ1v) is 15.1. The highest BCUT2D eigenvalue weighted by Crippen LogP contribution is 2.52. The van der Waals surface area contributed by atoms with Gasteiger partial charge in [0.25, 0.3) is 0 Å². The van der Waals surface area contributed by atoms with Crippen LogP contribution in [0, 0.1) is 17.8 Å². The lowest BCUT2D eigenvalue weighted by molar-refractivity contribution is -0.122. The maximum Gasteiger partial charge on any atom is 0.488 e. The second kappa shape index (κ2) is 13.0. The van der Waals surface area contributed by atoms with Crippen LogP contribution in [-0.2, 0) is 14.2 Å². The number of para-hydroxylation sites is 1. The fourth-order valence-electron chi connectivity index (χ4n) is 7.12. The number of anilines is 1. The molecule has 2 amide bonds. The molecule has 0 aromatic heterocycles. The van der Waals surface area contributed by atoms with Crippen LogP contribution < -0.4 is 10.4 Å². The summed E-state index contributed by atoms with van der Waals surface area (Å²) in [5.74, 6) is -1.82. The van der Waals surface area contributed by atoms with Crippen LogP contribution in [0.2, 0.25) is 6.32 Å². The summed E-state index contributed by atoms with van der Waals surface area (Å²) in [4.78, 5) is 28.9. The van der Waals surface area contributed by atoms with Crippen LogP contribution in [0.1, 0.15) is 64.4 Å². The molecule has 2 aromatic carbocycles. The van der Waals surface area contributed by atoms with Crippen LogP contribution in [0.3, 0.4) is 0 Å². The van der Waals surface area contributed by atoms with Gasteiger partial charge in [0.05, 0.1) is 23.6 Å². The minimum atomic E-state index is -1.71. The summed E-state index contributed by atoms with van der Waals surface area (Å²) in [6.07, 6.45) is 7.18. The molecule has 10 heteroatoms. The Kier molecular flexibility index (Phi) is 9.38. The van der Waals surface area contributed by atoms with Crippen LogP contribution in [0.4, 0.5) is 5.69 Å². The van der Waals surface area contributed by atoms with Crippen molar-refractivity contribution < 1.29 is 34.4 Å². The lowest BCUT2D eigenvalue weighted by Crippen LogP contribution is -2.46. The van der Waals surface area contributed by atoms with Gasteiger partial charge in [0.1, 0.15) is 5.75 Å². The van der Waals surface area contributed by atoms with Gasteiger partial charge in [0, 0.05) is 5.56 Å². The number of hydrogen-bond acceptors (Lipinski definition) is 7. The minimum absolute atomic E-state index is 0.203. The summed E-state index contributed by atoms with van der Waals surface area (Å²) in [6, 6.07) is 13.5. The van der Waals surface area contributed by atoms with Crippen molar-refractivity contribution in [2.45, 2.75) is 71.2 Å². The fourth-order valence-corrected chi connectivity index (χ4v) is 7.12. The predicted octanol–water partition coefficient (Wildman–Crippen LogP) is 3.84. The zero-order chi connectivity index (χ0) is 30.0. The predicted molar refractivity (Wildman–Crippen MR) is 164 cm³/mol. The number of amides is 2. The molecule has 0 saturated carbocycles. The summed E-state index contributed by atoms with van der Waals surface area (Å²) in [6.45, 7) is 4.21. The lowest BCUT2D eigenvalue weighted by atomic mass is 9.58. The molecule has 2 aliphatic heterocycles. The molecule has 1 aliphatic carbocycles. The molecule has 2 saturated heterocycles. The van der Waals surface area contributed by atoms with Gasteiger partial charge in [-0.25, -0.2) is 0 Å². The van der Waals surface area contributed by atoms with E-state index in [-0.39, 0.29) is 41.4 Å². The summed E-state index contributed by atoms with van der Waals surface area (Å²) in [7, 11) is -2.76. The van der Waals surface area contributed by atoms with E-state index in [1.165, 1.54) is 22.6 Å². The van der Waals surface area contributed by atoms with Gasteiger partial charge < -0.3 is 24.8 Å². The smallest absolute Gasteiger partial charge is 0.488 e. The Morgan fingerprint density at radius 1 is 1.05 bits per heavy atom. The van der Waals surface area contributed by atoms with Crippen molar-refractivity contribution in [3.8, 4) is 5.75 Å². The van der Waals surface area contributed by atoms with Crippen LogP contribution >= 0.6 is 0 Å². The van der Waals surface area contributed by atoms with Crippen molar-refractivity contribution in [3.63, 3.8) is 0 Å². The zero-order valence-corrected chi connectivity index (χ0v) is 24.3. The Labute approximate surface area is 248 Å². The van der Waals surface area contributed by atoms with E-state index in [9.17, 15) is 29.8 Å². The van der Waals surface area contributed by atoms with Crippen molar-refractivity contribution in [2.24, 2.45) is 17.8 Å². The van der Waals surface area contributed by atoms with Gasteiger partial charge >= 0.3 is 14.2 Å². The SMILES string of the molecule is CCCC1=C2[C@@H](CC/C(=C/c3ccccc3O)CCC)OB(O)C[C@@H]2[C@@H]2C(=O)N(c3cccc(B(O)O)c3)C(=O)[C@@H]2C1. The average molecular weight is 571 g/mol. The second-order valence-corrected chi connectivity index (χ2v) is 11.7. The molecule has 2 heterocycles. The van der Waals surface area contributed by atoms with E-state index < -0.39 is 26.1 Å². The number of phenolic OH excluding ortho intramolecular Hbond substituents is 1. The van der Waals surface area contributed by atoms with Gasteiger partial charge in [-0.15, -0.1) is 0 Å². The van der Waals surface area contributed by atoms with E-state index in [0.717, 1.165) is 42.4 Å². The minimum Gasteiger partial charge on any atom is -0.507 e. The van der Waals surface area contributed by atoms with Gasteiger partial charge in [-0.05, 0) is 73.6 Å². The number of imide groups is 1. The quantitative estimate of drug-likeness (QED) is 0.194. The molecule has 220 valence electrons. The van der Waals surface area contributed by atoms with Crippen molar-refractivity contribution in [1.29, 1.82) is 0 Å². The van der Waals surface area contributed by atoms with Crippen LogP contribution in [0.15, 0.2) is 65.3 Å². The molecule has 0 unspecified atom stereocenters. The number of benzene rings is 2. The van der Waals surface area contributed by atoms with Gasteiger partial charge in [-0.2, -0.15) is 0 Å². The third-order valence-corrected chi connectivity index (χ3v) is 8.88. The maximum absolute atomic E-state index is 14.0. The molecular formula is C32H39B2NO7. The van der Waals surface area contributed by atoms with E-state index in [2.05, 4.69) is 13.8 Å². The molecule has 5 rings (SSSR count). The van der Waals surface area contributed by atoms with E-state index in [1.807, 2.05) is 18.2 Å². The fraction of sp³-hybridized carbons (Fsp3) is 0.438. The second-order valence-electron chi connectivity index (χ2n) is 11.7. The Balaban J connectivity index is 1.45. The van der Waals surface area contributed by atoms with E-state index in [0.29, 0.717) is 24.9 Å². The Morgan fingerprint density at radius 2 is 1.83 bits per heavy atom. The monoisotopic (exact) mass is 571 g/mol. The van der Waals surface area contributed by atoms with E-state index >= 15 is 0 Å². The highest BCUT2D eigenvalue weighted by Gasteiger charge is 2.57. The normalized spacial score (nSPS) is 24.3. The number of nitrogens with zero attached hydrogens (tertiary/aromatic N) is 1. The van der Waals surface area contributed by atoms with Crippen LogP contribution in [0.25, 0.3) is 6.08 Å². The highest BCUT2D eigenvalue weighted by atomic mass is 16.5. The first kappa shape index (κ1) is 30.3. The Morgan fingerprint density at radius 3 is 2.55 bits per heavy atom. The number of hydrogen-bond donors (Lipinski definition) is 4. The molecule has 42 heavy (non-hydrogen) atoms. The lowest BCUT2D eigenvalue weighted by Gasteiger charge is -2.43. The molecule has 0 radical (unpaired) electrons. The summed E-state index contributed by atoms with van der Waals surface area (Å²) in [5.41, 5.74) is 4.67. The molecule has 0 bridgehead atoms. The van der Waals surface area contributed by atoms with Gasteiger partial charge in [0.2, 0.25) is 11.8 Å². The molecule has 4 atom stereocenters. The third kappa shape index (κ3) is 5.99. The number of carbonyl (C=O) groups excluding carboxylic acids is 2. The summed E-state index contributed by atoms with van der Waals surface area (Å²) in [5, 5.41) is 40.5. The Hall–Kier alpha value is -3.17. The first-order chi connectivity index (χ1) is 20.2. The van der Waals surface area contributed by atoms with E-state index in [4.69, 9.17) is 4.65 Å². The number of allylic oxidation sites excluding steroid dienone is 2. The number of aromatic hydroxyl groups is 1. The molecule has 3 aliphatic rings. The number of rotatable bonds is 10. The highest BCUT2D eigenvalue weighted by molar-refractivity contribution is 6.58. The number of phenols is 1. The standard InChI is InChI=1S/C32H39B2NO7/c1-3-8-20(16-21-10-5-6-13-27(21)36)14-15-28-29-22(9-4-2)17-25-30(26(29)19-33(39)42-28)32(38)35(31(25)37)24-12-7-11-23(18-24)34(40)41/h5-7,10-13,16,18,25-26,28,30,36,39-41H,3-4,8-9,14-15,17,19H2,1-2H3/b20-16+/t25-,26+,28-,30-/m1/s1. The van der Waals surface area contributed by atoms with Crippen molar-refractivity contribution in [1.82, 2.24) is 0 Å². The van der Waals surface area contributed by atoms with Crippen LogP contribution in [0.5, 0.6) is 5.75 Å². The topological polar surface area (TPSA) is 128 Å². The molecular weight excluding hydrogens is 532 g/mol. The number of fused-ring (bicyclic) bond motifs is 3. The van der Waals surface area contributed by atoms with Crippen molar-refractivity contribution in [3.05, 3.63) is 70.8 Å². The zero-order valence-electron chi connectivity index (χ0n) is 24.3. The Bertz CT molecular complexity index is 1390. The van der Waals surface area contributed by atoms with Gasteiger partial charge in [0.15, 0.2) is 0 Å². The summed E-state index contributed by atoms with van der Waals surface area (Å²) < 4.78 is 6.15. The molecule has 2 fully saturated rings. The van der Waals surface area contributed by atoms with Gasteiger partial charge in [-0.1, -0.05) is 74.2 Å². The largest absolute Gasteiger partial charge is 0.507 e. The molecule has 4 N–H and O–H groups in total. The van der Waals surface area contributed by atoms with Crippen molar-refractivity contribution in [2.75, 3.05) is 4.90 Å². The van der Waals surface area contributed by atoms with Crippen molar-refractivity contribution >= 4 is 43.3 Å². The maximum atomic E-state index is 14.0. The van der Waals surface area contributed by atoms with Crippen LogP contribution in [-0.4, -0.2) is 52.3 Å². The average Bonchev–Trinajstić information content (AvgIpc) is 3.22. The molecule has 0 spiro atoms. The number of carbonyl (C=O) groups is 2.